The van der Waals surface area contributed by atoms with E-state index in [1.807, 2.05) is 6.26 Å². The van der Waals surface area contributed by atoms with E-state index >= 15 is 0 Å². The van der Waals surface area contributed by atoms with E-state index in [-0.39, 0.29) is 18.2 Å². The van der Waals surface area contributed by atoms with Gasteiger partial charge in [0.15, 0.2) is 0 Å². The van der Waals surface area contributed by atoms with Crippen molar-refractivity contribution in [1.29, 1.82) is 0 Å². The van der Waals surface area contributed by atoms with E-state index in [2.05, 4.69) is 4.72 Å². The fourth-order valence-electron chi connectivity index (χ4n) is 1.85. The summed E-state index contributed by atoms with van der Waals surface area (Å²) in [6, 6.07) is -0.0335. The van der Waals surface area contributed by atoms with Gasteiger partial charge in [-0.05, 0) is 19.1 Å². The zero-order valence-electron chi connectivity index (χ0n) is 9.18. The summed E-state index contributed by atoms with van der Waals surface area (Å²) in [5, 5.41) is 8.76. The highest BCUT2D eigenvalue weighted by Gasteiger charge is 2.29. The second-order valence-corrected chi connectivity index (χ2v) is 6.84. The fourth-order valence-corrected chi connectivity index (χ4v) is 4.18. The molecule has 1 saturated carbocycles. The van der Waals surface area contributed by atoms with Crippen LogP contribution < -0.4 is 4.72 Å². The molecule has 1 aliphatic rings. The van der Waals surface area contributed by atoms with Gasteiger partial charge in [-0.15, -0.1) is 0 Å². The van der Waals surface area contributed by atoms with Crippen molar-refractivity contribution < 1.29 is 18.3 Å². The van der Waals surface area contributed by atoms with Crippen molar-refractivity contribution in [3.63, 3.8) is 0 Å². The van der Waals surface area contributed by atoms with Crippen molar-refractivity contribution in [2.45, 2.75) is 37.0 Å². The lowest BCUT2D eigenvalue weighted by molar-refractivity contribution is -0.136. The highest BCUT2D eigenvalue weighted by molar-refractivity contribution is 7.99. The van der Waals surface area contributed by atoms with E-state index in [0.717, 1.165) is 19.3 Å². The Balaban J connectivity index is 2.48. The molecule has 0 heterocycles. The molecule has 1 rings (SSSR count). The molecule has 2 atom stereocenters. The second-order valence-electron chi connectivity index (χ2n) is 3.89. The Labute approximate surface area is 100 Å². The first-order chi connectivity index (χ1) is 7.44. The van der Waals surface area contributed by atoms with E-state index in [9.17, 15) is 13.2 Å². The lowest BCUT2D eigenvalue weighted by atomic mass is 10.3. The molecule has 5 nitrogen and oxygen atoms in total. The van der Waals surface area contributed by atoms with Crippen LogP contribution in [0.25, 0.3) is 0 Å². The maximum absolute atomic E-state index is 11.6. The average Bonchev–Trinajstić information content (AvgIpc) is 2.61. The zero-order valence-corrected chi connectivity index (χ0v) is 10.8. The molecule has 94 valence electrons. The van der Waals surface area contributed by atoms with Crippen molar-refractivity contribution in [2.75, 3.05) is 12.0 Å². The Bertz CT molecular complexity index is 341. The summed E-state index contributed by atoms with van der Waals surface area (Å²) in [6.07, 6.45) is 4.52. The highest BCUT2D eigenvalue weighted by Crippen LogP contribution is 2.28. The summed E-state index contributed by atoms with van der Waals surface area (Å²) >= 11 is 1.66. The van der Waals surface area contributed by atoms with E-state index in [0.29, 0.717) is 5.25 Å². The Morgan fingerprint density at radius 1 is 1.50 bits per heavy atom. The van der Waals surface area contributed by atoms with Gasteiger partial charge in [0.1, 0.15) is 0 Å². The minimum absolute atomic E-state index is 0.0335. The minimum Gasteiger partial charge on any atom is -0.481 e. The Morgan fingerprint density at radius 3 is 2.75 bits per heavy atom. The Kier molecular flexibility index (Phi) is 5.07. The van der Waals surface area contributed by atoms with Crippen LogP contribution >= 0.6 is 11.8 Å². The number of carboxylic acids is 1. The molecule has 0 aromatic carbocycles. The number of carbonyl (C=O) groups is 1. The molecular weight excluding hydrogens is 250 g/mol. The van der Waals surface area contributed by atoms with Gasteiger partial charge in [-0.25, -0.2) is 13.1 Å². The molecule has 7 heteroatoms. The molecule has 0 bridgehead atoms. The topological polar surface area (TPSA) is 83.5 Å². The number of hydrogen-bond donors (Lipinski definition) is 2. The standard InChI is InChI=1S/C9H17NO4S2/c1-15-8-4-2-3-7(8)10-16(13,14)6-5-9(11)12/h7-8,10H,2-6H2,1H3,(H,11,12). The Morgan fingerprint density at radius 2 is 2.19 bits per heavy atom. The van der Waals surface area contributed by atoms with Gasteiger partial charge in [0.25, 0.3) is 0 Å². The number of hydrogen-bond acceptors (Lipinski definition) is 4. The predicted molar refractivity (Wildman–Crippen MR) is 64.1 cm³/mol. The van der Waals surface area contributed by atoms with Gasteiger partial charge in [-0.3, -0.25) is 4.79 Å². The zero-order chi connectivity index (χ0) is 12.2. The first-order valence-corrected chi connectivity index (χ1v) is 8.13. The van der Waals surface area contributed by atoms with Crippen LogP contribution in [-0.4, -0.2) is 42.8 Å². The van der Waals surface area contributed by atoms with Crippen molar-refractivity contribution >= 4 is 27.8 Å². The quantitative estimate of drug-likeness (QED) is 0.739. The summed E-state index contributed by atoms with van der Waals surface area (Å²) in [6.45, 7) is 0. The van der Waals surface area contributed by atoms with Crippen LogP contribution in [0.5, 0.6) is 0 Å². The lowest BCUT2D eigenvalue weighted by Crippen LogP contribution is -2.40. The minimum atomic E-state index is -3.45. The molecule has 0 amide bonds. The number of carboxylic acid groups (broad SMARTS) is 1. The number of sulfonamides is 1. The summed E-state index contributed by atoms with van der Waals surface area (Å²) in [5.74, 6) is -1.42. The molecule has 2 N–H and O–H groups in total. The molecule has 0 spiro atoms. The van der Waals surface area contributed by atoms with E-state index in [1.165, 1.54) is 0 Å². The van der Waals surface area contributed by atoms with Crippen LogP contribution in [0.1, 0.15) is 25.7 Å². The van der Waals surface area contributed by atoms with Crippen molar-refractivity contribution in [3.8, 4) is 0 Å². The monoisotopic (exact) mass is 267 g/mol. The van der Waals surface area contributed by atoms with Gasteiger partial charge in [0.2, 0.25) is 10.0 Å². The number of aliphatic carboxylic acids is 1. The summed E-state index contributed by atoms with van der Waals surface area (Å²) in [7, 11) is -3.45. The van der Waals surface area contributed by atoms with Crippen LogP contribution in [0, 0.1) is 0 Å². The predicted octanol–water partition coefficient (Wildman–Crippen LogP) is 0.665. The molecular formula is C9H17NO4S2. The fraction of sp³-hybridized carbons (Fsp3) is 0.889. The largest absolute Gasteiger partial charge is 0.481 e. The maximum atomic E-state index is 11.6. The van der Waals surface area contributed by atoms with Gasteiger partial charge < -0.3 is 5.11 Å². The van der Waals surface area contributed by atoms with Crippen molar-refractivity contribution in [3.05, 3.63) is 0 Å². The highest BCUT2D eigenvalue weighted by atomic mass is 32.2. The van der Waals surface area contributed by atoms with Gasteiger partial charge in [-0.1, -0.05) is 6.42 Å². The van der Waals surface area contributed by atoms with Gasteiger partial charge >= 0.3 is 5.97 Å². The molecule has 16 heavy (non-hydrogen) atoms. The van der Waals surface area contributed by atoms with E-state index in [4.69, 9.17) is 5.11 Å². The summed E-state index contributed by atoms with van der Waals surface area (Å²) in [4.78, 5) is 10.3. The van der Waals surface area contributed by atoms with Crippen LogP contribution in [0.2, 0.25) is 0 Å². The normalized spacial score (nSPS) is 25.8. The summed E-state index contributed by atoms with van der Waals surface area (Å²) in [5.41, 5.74) is 0. The van der Waals surface area contributed by atoms with Gasteiger partial charge in [0.05, 0.1) is 12.2 Å². The molecule has 1 aliphatic carbocycles. The molecule has 0 radical (unpaired) electrons. The van der Waals surface area contributed by atoms with Crippen LogP contribution in [0.4, 0.5) is 0 Å². The third-order valence-electron chi connectivity index (χ3n) is 2.67. The van der Waals surface area contributed by atoms with Gasteiger partial charge in [-0.2, -0.15) is 11.8 Å². The smallest absolute Gasteiger partial charge is 0.304 e. The average molecular weight is 267 g/mol. The molecule has 2 unspecified atom stereocenters. The third kappa shape index (κ3) is 4.31. The lowest BCUT2D eigenvalue weighted by Gasteiger charge is -2.18. The Hall–Kier alpha value is -0.270. The molecule has 0 aromatic rings. The van der Waals surface area contributed by atoms with E-state index < -0.39 is 16.0 Å². The van der Waals surface area contributed by atoms with E-state index in [1.54, 1.807) is 11.8 Å². The third-order valence-corrected chi connectivity index (χ3v) is 5.24. The van der Waals surface area contributed by atoms with Crippen molar-refractivity contribution in [2.24, 2.45) is 0 Å². The number of rotatable bonds is 6. The number of nitrogens with one attached hydrogen (secondary N) is 1. The second kappa shape index (κ2) is 5.88. The molecule has 0 aliphatic heterocycles. The summed E-state index contributed by atoms with van der Waals surface area (Å²) < 4.78 is 25.7. The van der Waals surface area contributed by atoms with Gasteiger partial charge in [0, 0.05) is 11.3 Å². The first-order valence-electron chi connectivity index (χ1n) is 5.19. The van der Waals surface area contributed by atoms with Crippen molar-refractivity contribution in [1.82, 2.24) is 4.72 Å². The van der Waals surface area contributed by atoms with Crippen LogP contribution in [0.3, 0.4) is 0 Å². The molecule has 0 saturated heterocycles. The maximum Gasteiger partial charge on any atom is 0.304 e. The molecule has 1 fully saturated rings. The first kappa shape index (κ1) is 13.8. The molecule has 0 aromatic heterocycles. The number of thioether (sulfide) groups is 1. The van der Waals surface area contributed by atoms with Crippen LogP contribution in [0.15, 0.2) is 0 Å². The van der Waals surface area contributed by atoms with Crippen LogP contribution in [-0.2, 0) is 14.8 Å². The SMILES string of the molecule is CSC1CCCC1NS(=O)(=O)CCC(=O)O.